The zero-order valence-electron chi connectivity index (χ0n) is 10.3. The number of nitro groups is 1. The van der Waals surface area contributed by atoms with Crippen molar-refractivity contribution < 1.29 is 14.5 Å². The summed E-state index contributed by atoms with van der Waals surface area (Å²) >= 11 is 5.30. The van der Waals surface area contributed by atoms with Crippen LogP contribution in [-0.4, -0.2) is 10.2 Å². The molecule has 0 unspecified atom stereocenters. The Balaban J connectivity index is 2.06. The molecule has 2 aromatic carbocycles. The highest BCUT2D eigenvalue weighted by Crippen LogP contribution is 2.24. The van der Waals surface area contributed by atoms with Crippen LogP contribution in [0.4, 0.5) is 5.69 Å². The summed E-state index contributed by atoms with van der Waals surface area (Å²) in [6.45, 7) is 0. The summed E-state index contributed by atoms with van der Waals surface area (Å²) in [5.74, 6) is 1.07. The third-order valence-corrected chi connectivity index (χ3v) is 2.68. The van der Waals surface area contributed by atoms with Crippen LogP contribution < -0.4 is 4.74 Å². The zero-order chi connectivity index (χ0) is 14.5. The van der Waals surface area contributed by atoms with Gasteiger partial charge in [-0.05, 0) is 41.4 Å². The van der Waals surface area contributed by atoms with Gasteiger partial charge in [-0.3, -0.25) is 14.9 Å². The number of carbonyl (C=O) groups excluding carboxylic acids is 1. The SMILES string of the molecule is O=C(Cl)Cc1ccc(Oc2ccc([N+](=O)[O-])cc2)cc1. The molecule has 0 bridgehead atoms. The number of nitrogens with zero attached hydrogens (tertiary/aromatic N) is 1. The number of nitro benzene ring substituents is 1. The van der Waals surface area contributed by atoms with E-state index in [2.05, 4.69) is 0 Å². The third kappa shape index (κ3) is 3.80. The van der Waals surface area contributed by atoms with Crippen LogP contribution >= 0.6 is 11.6 Å². The molecule has 0 heterocycles. The van der Waals surface area contributed by atoms with Gasteiger partial charge in [0.1, 0.15) is 11.5 Å². The lowest BCUT2D eigenvalue weighted by Crippen LogP contribution is -1.93. The Hall–Kier alpha value is -2.40. The second-order valence-corrected chi connectivity index (χ2v) is 4.45. The van der Waals surface area contributed by atoms with Gasteiger partial charge in [0.25, 0.3) is 5.69 Å². The molecule has 2 rings (SSSR count). The number of non-ortho nitro benzene ring substituents is 1. The Morgan fingerprint density at radius 2 is 1.55 bits per heavy atom. The van der Waals surface area contributed by atoms with E-state index >= 15 is 0 Å². The molecule has 0 aliphatic heterocycles. The van der Waals surface area contributed by atoms with Crippen LogP contribution in [0.2, 0.25) is 0 Å². The molecule has 0 radical (unpaired) electrons. The molecule has 0 spiro atoms. The van der Waals surface area contributed by atoms with E-state index in [1.807, 2.05) is 0 Å². The highest BCUT2D eigenvalue weighted by atomic mass is 35.5. The standard InChI is InChI=1S/C14H10ClNO4/c15-14(17)9-10-1-5-12(6-2-10)20-13-7-3-11(4-8-13)16(18)19/h1-8H,9H2. The molecule has 2 aromatic rings. The first-order valence-electron chi connectivity index (χ1n) is 5.74. The van der Waals surface area contributed by atoms with Crippen molar-refractivity contribution in [3.05, 3.63) is 64.2 Å². The van der Waals surface area contributed by atoms with Gasteiger partial charge in [0.05, 0.1) is 4.92 Å². The van der Waals surface area contributed by atoms with Crippen molar-refractivity contribution in [2.45, 2.75) is 6.42 Å². The van der Waals surface area contributed by atoms with E-state index in [1.165, 1.54) is 24.3 Å². The van der Waals surface area contributed by atoms with Gasteiger partial charge in [0.2, 0.25) is 5.24 Å². The summed E-state index contributed by atoms with van der Waals surface area (Å²) in [6, 6.07) is 12.7. The molecule has 0 aliphatic rings. The summed E-state index contributed by atoms with van der Waals surface area (Å²) in [5, 5.41) is 10.1. The van der Waals surface area contributed by atoms with E-state index in [1.54, 1.807) is 24.3 Å². The number of hydrogen-bond acceptors (Lipinski definition) is 4. The minimum absolute atomic E-state index is 0.00771. The molecule has 6 heteroatoms. The Labute approximate surface area is 119 Å². The summed E-state index contributed by atoms with van der Waals surface area (Å²) in [4.78, 5) is 20.8. The monoisotopic (exact) mass is 291 g/mol. The highest BCUT2D eigenvalue weighted by molar-refractivity contribution is 6.63. The van der Waals surface area contributed by atoms with Gasteiger partial charge in [0, 0.05) is 18.6 Å². The highest BCUT2D eigenvalue weighted by Gasteiger charge is 2.05. The molecular weight excluding hydrogens is 282 g/mol. The fourth-order valence-electron chi connectivity index (χ4n) is 1.61. The summed E-state index contributed by atoms with van der Waals surface area (Å²) in [7, 11) is 0. The van der Waals surface area contributed by atoms with Gasteiger partial charge < -0.3 is 4.74 Å². The first-order chi connectivity index (χ1) is 9.54. The van der Waals surface area contributed by atoms with Gasteiger partial charge in [-0.1, -0.05) is 12.1 Å². The van der Waals surface area contributed by atoms with Crippen molar-refractivity contribution in [1.29, 1.82) is 0 Å². The number of carbonyl (C=O) groups is 1. The van der Waals surface area contributed by atoms with Gasteiger partial charge in [-0.2, -0.15) is 0 Å². The van der Waals surface area contributed by atoms with Crippen molar-refractivity contribution in [2.75, 3.05) is 0 Å². The van der Waals surface area contributed by atoms with E-state index in [0.29, 0.717) is 11.5 Å². The van der Waals surface area contributed by atoms with E-state index < -0.39 is 10.2 Å². The van der Waals surface area contributed by atoms with E-state index in [4.69, 9.17) is 16.3 Å². The molecule has 0 aliphatic carbocycles. The number of benzene rings is 2. The number of hydrogen-bond donors (Lipinski definition) is 0. The molecule has 5 nitrogen and oxygen atoms in total. The molecular formula is C14H10ClNO4. The zero-order valence-corrected chi connectivity index (χ0v) is 11.0. The Morgan fingerprint density at radius 1 is 1.05 bits per heavy atom. The van der Waals surface area contributed by atoms with Gasteiger partial charge >= 0.3 is 0 Å². The fraction of sp³-hybridized carbons (Fsp3) is 0.0714. The van der Waals surface area contributed by atoms with Crippen molar-refractivity contribution in [3.63, 3.8) is 0 Å². The maximum atomic E-state index is 10.8. The van der Waals surface area contributed by atoms with Crippen LogP contribution in [0.1, 0.15) is 5.56 Å². The number of ether oxygens (including phenoxy) is 1. The normalized spacial score (nSPS) is 10.1. The maximum absolute atomic E-state index is 10.8. The minimum Gasteiger partial charge on any atom is -0.457 e. The van der Waals surface area contributed by atoms with Crippen LogP contribution in [0.25, 0.3) is 0 Å². The molecule has 0 aromatic heterocycles. The number of halogens is 1. The average Bonchev–Trinajstić information content (AvgIpc) is 2.41. The molecule has 0 amide bonds. The van der Waals surface area contributed by atoms with E-state index in [-0.39, 0.29) is 12.1 Å². The van der Waals surface area contributed by atoms with Crippen molar-refractivity contribution in [3.8, 4) is 11.5 Å². The Kier molecular flexibility index (Phi) is 4.32. The second-order valence-electron chi connectivity index (χ2n) is 4.03. The lowest BCUT2D eigenvalue weighted by Gasteiger charge is -2.06. The minimum atomic E-state index is -0.470. The summed E-state index contributed by atoms with van der Waals surface area (Å²) in [5.41, 5.74) is 0.800. The third-order valence-electron chi connectivity index (χ3n) is 2.55. The fourth-order valence-corrected chi connectivity index (χ4v) is 1.76. The number of rotatable bonds is 5. The molecule has 0 N–H and O–H groups in total. The quantitative estimate of drug-likeness (QED) is 0.478. The Morgan fingerprint density at radius 3 is 2.00 bits per heavy atom. The smallest absolute Gasteiger partial charge is 0.269 e. The van der Waals surface area contributed by atoms with E-state index in [9.17, 15) is 14.9 Å². The van der Waals surface area contributed by atoms with Gasteiger partial charge in [-0.15, -0.1) is 0 Å². The van der Waals surface area contributed by atoms with Crippen LogP contribution in [-0.2, 0) is 11.2 Å². The largest absolute Gasteiger partial charge is 0.457 e. The van der Waals surface area contributed by atoms with Crippen molar-refractivity contribution in [1.82, 2.24) is 0 Å². The second kappa shape index (κ2) is 6.16. The lowest BCUT2D eigenvalue weighted by atomic mass is 10.1. The predicted octanol–water partition coefficient (Wildman–Crippen LogP) is 3.70. The van der Waals surface area contributed by atoms with Crippen LogP contribution in [0.15, 0.2) is 48.5 Å². The van der Waals surface area contributed by atoms with Crippen LogP contribution in [0.3, 0.4) is 0 Å². The summed E-state index contributed by atoms with van der Waals surface area (Å²) < 4.78 is 5.53. The van der Waals surface area contributed by atoms with Gasteiger partial charge in [-0.25, -0.2) is 0 Å². The molecule has 0 fully saturated rings. The maximum Gasteiger partial charge on any atom is 0.269 e. The lowest BCUT2D eigenvalue weighted by molar-refractivity contribution is -0.384. The van der Waals surface area contributed by atoms with Crippen LogP contribution in [0, 0.1) is 10.1 Å². The van der Waals surface area contributed by atoms with Crippen molar-refractivity contribution in [2.24, 2.45) is 0 Å². The average molecular weight is 292 g/mol. The summed E-state index contributed by atoms with van der Waals surface area (Å²) in [6.07, 6.45) is 0.166. The molecule has 20 heavy (non-hydrogen) atoms. The molecule has 0 saturated carbocycles. The molecule has 0 atom stereocenters. The first kappa shape index (κ1) is 14.0. The topological polar surface area (TPSA) is 69.4 Å². The van der Waals surface area contributed by atoms with Crippen molar-refractivity contribution >= 4 is 22.5 Å². The Bertz CT molecular complexity index is 623. The molecule has 0 saturated heterocycles. The predicted molar refractivity (Wildman–Crippen MR) is 74.2 cm³/mol. The van der Waals surface area contributed by atoms with E-state index in [0.717, 1.165) is 5.56 Å². The molecule has 102 valence electrons. The first-order valence-corrected chi connectivity index (χ1v) is 6.12. The van der Waals surface area contributed by atoms with Gasteiger partial charge in [0.15, 0.2) is 0 Å². The van der Waals surface area contributed by atoms with Crippen LogP contribution in [0.5, 0.6) is 11.5 Å².